The lowest BCUT2D eigenvalue weighted by Gasteiger charge is -2.16. The molecule has 0 radical (unpaired) electrons. The first-order chi connectivity index (χ1) is 13.3. The Morgan fingerprint density at radius 3 is 2.43 bits per heavy atom. The molecule has 0 fully saturated rings. The molecule has 0 aliphatic carbocycles. The molecule has 0 aliphatic heterocycles. The number of anilines is 1. The fourth-order valence-electron chi connectivity index (χ4n) is 2.56. The summed E-state index contributed by atoms with van der Waals surface area (Å²) in [5.41, 5.74) is 1.63. The average molecular weight is 407 g/mol. The number of nitrogens with one attached hydrogen (secondary N) is 1. The maximum Gasteiger partial charge on any atom is 0.257 e. The quantitative estimate of drug-likeness (QED) is 0.612. The first-order valence-corrected chi connectivity index (χ1v) is 10.7. The molecule has 1 N–H and O–H groups in total. The van der Waals surface area contributed by atoms with Crippen molar-refractivity contribution in [2.75, 3.05) is 37.9 Å². The number of nitrogens with zero attached hydrogens (tertiary/aromatic N) is 1. The number of methoxy groups -OCH3 is 1. The maximum absolute atomic E-state index is 11.9. The van der Waals surface area contributed by atoms with Crippen LogP contribution in [0.4, 0.5) is 5.69 Å². The van der Waals surface area contributed by atoms with Crippen molar-refractivity contribution >= 4 is 21.6 Å². The highest BCUT2D eigenvalue weighted by Crippen LogP contribution is 2.20. The van der Waals surface area contributed by atoms with Crippen LogP contribution in [-0.2, 0) is 21.2 Å². The Kier molecular flexibility index (Phi) is 7.69. The van der Waals surface area contributed by atoms with Crippen LogP contribution in [0.25, 0.3) is 0 Å². The van der Waals surface area contributed by atoms with Gasteiger partial charge in [0, 0.05) is 13.6 Å². The normalized spacial score (nSPS) is 11.0. The molecule has 0 bridgehead atoms. The average Bonchev–Trinajstić information content (AvgIpc) is 2.69. The molecule has 8 heteroatoms. The first-order valence-electron chi connectivity index (χ1n) is 8.86. The van der Waals surface area contributed by atoms with Gasteiger partial charge in [0.05, 0.1) is 19.1 Å². The highest BCUT2D eigenvalue weighted by Gasteiger charge is 2.11. The molecule has 0 spiro atoms. The molecule has 2 aromatic rings. The van der Waals surface area contributed by atoms with E-state index in [1.807, 2.05) is 24.3 Å². The van der Waals surface area contributed by atoms with Gasteiger partial charge in [-0.15, -0.1) is 0 Å². The van der Waals surface area contributed by atoms with E-state index in [4.69, 9.17) is 9.47 Å². The Balaban J connectivity index is 1.72. The van der Waals surface area contributed by atoms with E-state index in [2.05, 4.69) is 5.32 Å². The number of hydrogen-bond acceptors (Lipinski definition) is 5. The zero-order valence-electron chi connectivity index (χ0n) is 16.3. The van der Waals surface area contributed by atoms with Crippen LogP contribution in [0.1, 0.15) is 12.0 Å². The molecule has 1 amide bonds. The number of amides is 1. The van der Waals surface area contributed by atoms with Crippen molar-refractivity contribution in [3.05, 3.63) is 54.1 Å². The Hall–Kier alpha value is -2.74. The van der Waals surface area contributed by atoms with E-state index >= 15 is 0 Å². The number of benzene rings is 2. The van der Waals surface area contributed by atoms with Gasteiger partial charge < -0.3 is 14.8 Å². The predicted molar refractivity (Wildman–Crippen MR) is 110 cm³/mol. The van der Waals surface area contributed by atoms with Crippen molar-refractivity contribution in [2.45, 2.75) is 12.8 Å². The van der Waals surface area contributed by atoms with Gasteiger partial charge in [-0.05, 0) is 48.7 Å². The van der Waals surface area contributed by atoms with Crippen molar-refractivity contribution < 1.29 is 22.7 Å². The highest BCUT2D eigenvalue weighted by atomic mass is 32.2. The summed E-state index contributed by atoms with van der Waals surface area (Å²) in [5.74, 6) is 1.13. The van der Waals surface area contributed by atoms with Crippen molar-refractivity contribution in [3.63, 3.8) is 0 Å². The summed E-state index contributed by atoms with van der Waals surface area (Å²) < 4.78 is 35.0. The molecular formula is C20H26N2O5S. The van der Waals surface area contributed by atoms with Gasteiger partial charge in [-0.1, -0.05) is 18.2 Å². The number of hydrogen-bond donors (Lipinski definition) is 1. The Labute approximate surface area is 166 Å². The van der Waals surface area contributed by atoms with Gasteiger partial charge in [-0.3, -0.25) is 9.10 Å². The fraction of sp³-hybridized carbons (Fsp3) is 0.350. The third-order valence-corrected chi connectivity index (χ3v) is 5.41. The standard InChI is InChI=1S/C20H26N2O5S/c1-22(28(3,24)25)17-10-12-18(13-11-17)27-15-20(23)21-14-6-8-16-7-4-5-9-19(16)26-2/h4-5,7,9-13H,6,8,14-15H2,1-3H3,(H,21,23). The molecule has 2 rings (SSSR count). The zero-order chi connectivity index (χ0) is 20.6. The predicted octanol–water partition coefficient (Wildman–Crippen LogP) is 2.22. The number of rotatable bonds is 10. The van der Waals surface area contributed by atoms with E-state index in [1.165, 1.54) is 11.4 Å². The number of sulfonamides is 1. The van der Waals surface area contributed by atoms with E-state index in [9.17, 15) is 13.2 Å². The lowest BCUT2D eigenvalue weighted by molar-refractivity contribution is -0.123. The number of carbonyl (C=O) groups excluding carboxylic acids is 1. The summed E-state index contributed by atoms with van der Waals surface area (Å²) in [6.07, 6.45) is 2.73. The summed E-state index contributed by atoms with van der Waals surface area (Å²) >= 11 is 0. The molecule has 0 unspecified atom stereocenters. The van der Waals surface area contributed by atoms with Crippen LogP contribution < -0.4 is 19.1 Å². The Bertz CT molecular complexity index is 882. The van der Waals surface area contributed by atoms with E-state index in [0.717, 1.165) is 30.4 Å². The van der Waals surface area contributed by atoms with Gasteiger partial charge in [-0.25, -0.2) is 8.42 Å². The second-order valence-corrected chi connectivity index (χ2v) is 8.29. The van der Waals surface area contributed by atoms with E-state index in [0.29, 0.717) is 18.0 Å². The molecule has 0 heterocycles. The van der Waals surface area contributed by atoms with E-state index in [1.54, 1.807) is 31.4 Å². The summed E-state index contributed by atoms with van der Waals surface area (Å²) in [6, 6.07) is 14.3. The van der Waals surface area contributed by atoms with Crippen LogP contribution >= 0.6 is 0 Å². The summed E-state index contributed by atoms with van der Waals surface area (Å²) in [4.78, 5) is 11.9. The van der Waals surface area contributed by atoms with Crippen molar-refractivity contribution in [2.24, 2.45) is 0 Å². The van der Waals surface area contributed by atoms with Crippen molar-refractivity contribution in [3.8, 4) is 11.5 Å². The van der Waals surface area contributed by atoms with Crippen molar-refractivity contribution in [1.29, 1.82) is 0 Å². The third kappa shape index (κ3) is 6.45. The lowest BCUT2D eigenvalue weighted by atomic mass is 10.1. The van der Waals surface area contributed by atoms with Gasteiger partial charge in [0.2, 0.25) is 10.0 Å². The molecular weight excluding hydrogens is 380 g/mol. The first kappa shape index (κ1) is 21.6. The summed E-state index contributed by atoms with van der Waals surface area (Å²) in [7, 11) is -0.193. The molecule has 2 aromatic carbocycles. The molecule has 0 atom stereocenters. The summed E-state index contributed by atoms with van der Waals surface area (Å²) in [6.45, 7) is 0.439. The summed E-state index contributed by atoms with van der Waals surface area (Å²) in [5, 5.41) is 2.82. The molecule has 7 nitrogen and oxygen atoms in total. The Morgan fingerprint density at radius 2 is 1.79 bits per heavy atom. The third-order valence-electron chi connectivity index (χ3n) is 4.21. The van der Waals surface area contributed by atoms with Gasteiger partial charge in [0.1, 0.15) is 11.5 Å². The van der Waals surface area contributed by atoms with Crippen LogP contribution in [0, 0.1) is 0 Å². The highest BCUT2D eigenvalue weighted by molar-refractivity contribution is 7.92. The molecule has 0 saturated carbocycles. The molecule has 152 valence electrons. The minimum absolute atomic E-state index is 0.101. The number of aryl methyl sites for hydroxylation is 1. The minimum atomic E-state index is -3.31. The topological polar surface area (TPSA) is 84.9 Å². The zero-order valence-corrected chi connectivity index (χ0v) is 17.2. The van der Waals surface area contributed by atoms with E-state index in [-0.39, 0.29) is 12.5 Å². The smallest absolute Gasteiger partial charge is 0.257 e. The SMILES string of the molecule is COc1ccccc1CCCNC(=O)COc1ccc(N(C)S(C)(=O)=O)cc1. The van der Waals surface area contributed by atoms with Gasteiger partial charge in [-0.2, -0.15) is 0 Å². The van der Waals surface area contributed by atoms with Gasteiger partial charge >= 0.3 is 0 Å². The minimum Gasteiger partial charge on any atom is -0.496 e. The second-order valence-electron chi connectivity index (χ2n) is 6.28. The lowest BCUT2D eigenvalue weighted by Crippen LogP contribution is -2.30. The molecule has 0 aromatic heterocycles. The molecule has 28 heavy (non-hydrogen) atoms. The van der Waals surface area contributed by atoms with Crippen LogP contribution in [-0.4, -0.2) is 47.9 Å². The van der Waals surface area contributed by atoms with Gasteiger partial charge in [0.15, 0.2) is 6.61 Å². The van der Waals surface area contributed by atoms with Crippen LogP contribution in [0.5, 0.6) is 11.5 Å². The number of para-hydroxylation sites is 1. The number of ether oxygens (including phenoxy) is 2. The monoisotopic (exact) mass is 406 g/mol. The van der Waals surface area contributed by atoms with Crippen LogP contribution in [0.3, 0.4) is 0 Å². The Morgan fingerprint density at radius 1 is 1.11 bits per heavy atom. The fourth-order valence-corrected chi connectivity index (χ4v) is 3.06. The second kappa shape index (κ2) is 9.98. The largest absolute Gasteiger partial charge is 0.496 e. The number of carbonyl (C=O) groups is 1. The molecule has 0 saturated heterocycles. The van der Waals surface area contributed by atoms with Crippen LogP contribution in [0.15, 0.2) is 48.5 Å². The van der Waals surface area contributed by atoms with E-state index < -0.39 is 10.0 Å². The van der Waals surface area contributed by atoms with Gasteiger partial charge in [0.25, 0.3) is 5.91 Å². The molecule has 0 aliphatic rings. The maximum atomic E-state index is 11.9. The van der Waals surface area contributed by atoms with Crippen LogP contribution in [0.2, 0.25) is 0 Å². The van der Waals surface area contributed by atoms with Crippen molar-refractivity contribution in [1.82, 2.24) is 5.32 Å².